The van der Waals surface area contributed by atoms with Crippen LogP contribution < -0.4 is 5.73 Å². The van der Waals surface area contributed by atoms with Crippen molar-refractivity contribution in [2.75, 3.05) is 20.3 Å². The maximum Gasteiger partial charge on any atom is 0.254 e. The van der Waals surface area contributed by atoms with Crippen molar-refractivity contribution in [3.63, 3.8) is 0 Å². The lowest BCUT2D eigenvalue weighted by Gasteiger charge is -2.22. The smallest absolute Gasteiger partial charge is 0.254 e. The van der Waals surface area contributed by atoms with Crippen LogP contribution in [0.5, 0.6) is 0 Å². The summed E-state index contributed by atoms with van der Waals surface area (Å²) < 4.78 is 7.46. The van der Waals surface area contributed by atoms with E-state index < -0.39 is 5.91 Å². The van der Waals surface area contributed by atoms with Crippen LogP contribution in [-0.2, 0) is 22.6 Å². The fourth-order valence-electron chi connectivity index (χ4n) is 3.74. The molecule has 0 radical (unpaired) electrons. The number of fused-ring (bicyclic) bond motifs is 1. The predicted octanol–water partition coefficient (Wildman–Crippen LogP) is 3.42. The number of hydrogen-bond acceptors (Lipinski definition) is 3. The number of rotatable bonds is 9. The molecule has 1 heterocycles. The lowest BCUT2D eigenvalue weighted by molar-refractivity contribution is -0.118. The van der Waals surface area contributed by atoms with Gasteiger partial charge in [0.25, 0.3) is 5.91 Å². The van der Waals surface area contributed by atoms with Gasteiger partial charge in [0, 0.05) is 55.3 Å². The first-order valence-corrected chi connectivity index (χ1v) is 10.1. The third-order valence-corrected chi connectivity index (χ3v) is 5.54. The van der Waals surface area contributed by atoms with Gasteiger partial charge in [-0.05, 0) is 43.2 Å². The lowest BCUT2D eigenvalue weighted by Crippen LogP contribution is -2.33. The van der Waals surface area contributed by atoms with Crippen LogP contribution in [0.15, 0.2) is 48.5 Å². The maximum atomic E-state index is 13.3. The van der Waals surface area contributed by atoms with E-state index in [1.54, 1.807) is 12.0 Å². The number of aromatic nitrogens is 1. The molecular formula is C24H29N3O3. The molecule has 0 bridgehead atoms. The van der Waals surface area contributed by atoms with Crippen LogP contribution in [-0.4, -0.2) is 41.5 Å². The van der Waals surface area contributed by atoms with Crippen molar-refractivity contribution < 1.29 is 14.3 Å². The van der Waals surface area contributed by atoms with Gasteiger partial charge in [-0.25, -0.2) is 0 Å². The monoisotopic (exact) mass is 407 g/mol. The summed E-state index contributed by atoms with van der Waals surface area (Å²) in [5.74, 6) is -0.526. The molecule has 2 aromatic carbocycles. The Bertz CT molecular complexity index is 1040. The van der Waals surface area contributed by atoms with Gasteiger partial charge < -0.3 is 19.9 Å². The Morgan fingerprint density at radius 3 is 2.50 bits per heavy atom. The summed E-state index contributed by atoms with van der Waals surface area (Å²) in [5, 5.41) is 1.06. The Morgan fingerprint density at radius 2 is 1.83 bits per heavy atom. The first-order chi connectivity index (χ1) is 14.4. The molecule has 0 saturated carbocycles. The highest BCUT2D eigenvalue weighted by Gasteiger charge is 2.19. The van der Waals surface area contributed by atoms with Gasteiger partial charge >= 0.3 is 0 Å². The van der Waals surface area contributed by atoms with Crippen molar-refractivity contribution in [3.05, 3.63) is 70.9 Å². The molecule has 6 heteroatoms. The molecule has 0 fully saturated rings. The highest BCUT2D eigenvalue weighted by molar-refractivity contribution is 5.99. The molecule has 0 saturated heterocycles. The normalized spacial score (nSPS) is 11.0. The third kappa shape index (κ3) is 4.71. The van der Waals surface area contributed by atoms with Gasteiger partial charge in [-0.3, -0.25) is 9.59 Å². The molecule has 3 aromatic rings. The predicted molar refractivity (Wildman–Crippen MR) is 118 cm³/mol. The minimum absolute atomic E-state index is 0.108. The van der Waals surface area contributed by atoms with Gasteiger partial charge in [0.1, 0.15) is 0 Å². The topological polar surface area (TPSA) is 77.6 Å². The summed E-state index contributed by atoms with van der Waals surface area (Å²) in [7, 11) is 1.69. The molecule has 0 atom stereocenters. The molecule has 0 spiro atoms. The molecule has 0 unspecified atom stereocenters. The van der Waals surface area contributed by atoms with Gasteiger partial charge in [0.2, 0.25) is 5.91 Å². The first kappa shape index (κ1) is 21.6. The van der Waals surface area contributed by atoms with E-state index >= 15 is 0 Å². The summed E-state index contributed by atoms with van der Waals surface area (Å²) >= 11 is 0. The second kappa shape index (κ2) is 9.59. The number of carbonyl (C=O) groups is 2. The molecule has 1 aromatic heterocycles. The molecule has 158 valence electrons. The number of primary amides is 1. The lowest BCUT2D eigenvalue weighted by atomic mass is 10.1. The van der Waals surface area contributed by atoms with Crippen molar-refractivity contribution in [2.45, 2.75) is 33.4 Å². The highest BCUT2D eigenvalue weighted by Crippen LogP contribution is 2.27. The largest absolute Gasteiger partial charge is 0.383 e. The third-order valence-electron chi connectivity index (χ3n) is 5.54. The van der Waals surface area contributed by atoms with Crippen LogP contribution in [0.2, 0.25) is 0 Å². The minimum Gasteiger partial charge on any atom is -0.383 e. The number of carbonyl (C=O) groups excluding carboxylic acids is 2. The number of nitrogens with zero attached hydrogens (tertiary/aromatic N) is 2. The molecule has 2 amide bonds. The molecule has 2 N–H and O–H groups in total. The van der Waals surface area contributed by atoms with Gasteiger partial charge in [0.05, 0.1) is 6.61 Å². The van der Waals surface area contributed by atoms with Crippen molar-refractivity contribution in [1.82, 2.24) is 9.47 Å². The van der Waals surface area contributed by atoms with Gasteiger partial charge in [0.15, 0.2) is 0 Å². The number of methoxy groups -OCH3 is 1. The average molecular weight is 408 g/mol. The van der Waals surface area contributed by atoms with Crippen LogP contribution in [0.1, 0.15) is 33.6 Å². The van der Waals surface area contributed by atoms with E-state index in [-0.39, 0.29) is 18.9 Å². The molecule has 6 nitrogen and oxygen atoms in total. The summed E-state index contributed by atoms with van der Waals surface area (Å²) in [6.45, 7) is 6.26. The van der Waals surface area contributed by atoms with Gasteiger partial charge in [-0.15, -0.1) is 0 Å². The van der Waals surface area contributed by atoms with E-state index in [4.69, 9.17) is 10.5 Å². The molecule has 30 heavy (non-hydrogen) atoms. The van der Waals surface area contributed by atoms with Crippen LogP contribution in [0, 0.1) is 13.8 Å². The number of amides is 2. The summed E-state index contributed by atoms with van der Waals surface area (Å²) in [4.78, 5) is 26.3. The van der Waals surface area contributed by atoms with E-state index in [9.17, 15) is 9.59 Å². The zero-order valence-electron chi connectivity index (χ0n) is 17.9. The Morgan fingerprint density at radius 1 is 1.10 bits per heavy atom. The van der Waals surface area contributed by atoms with E-state index in [1.165, 1.54) is 5.69 Å². The number of ether oxygens (including phenoxy) is 1. The second-order valence-electron chi connectivity index (χ2n) is 7.52. The number of nitrogens with two attached hydrogens (primary N) is 1. The number of aryl methyl sites for hydroxylation is 1. The average Bonchev–Trinajstić information content (AvgIpc) is 2.99. The fourth-order valence-corrected chi connectivity index (χ4v) is 3.74. The van der Waals surface area contributed by atoms with Crippen molar-refractivity contribution in [3.8, 4) is 0 Å². The van der Waals surface area contributed by atoms with E-state index in [0.717, 1.165) is 28.6 Å². The van der Waals surface area contributed by atoms with E-state index in [1.807, 2.05) is 48.5 Å². The van der Waals surface area contributed by atoms with Crippen LogP contribution in [0.25, 0.3) is 10.9 Å². The molecule has 0 aliphatic carbocycles. The maximum absolute atomic E-state index is 13.3. The SMILES string of the molecule is COCCn1c(C)c(C)c2cc(C(=O)N(CCC(N)=O)Cc3ccccc3)ccc21. The standard InChI is InChI=1S/C24H29N3O3/c1-17-18(2)27(13-14-30-3)22-10-9-20(15-21(17)22)24(29)26(12-11-23(25)28)16-19-7-5-4-6-8-19/h4-10,15H,11-14,16H2,1-3H3,(H2,25,28). The molecule has 0 aliphatic rings. The van der Waals surface area contributed by atoms with Gasteiger partial charge in [-0.2, -0.15) is 0 Å². The van der Waals surface area contributed by atoms with Crippen molar-refractivity contribution in [1.29, 1.82) is 0 Å². The Kier molecular flexibility index (Phi) is 6.90. The number of benzene rings is 2. The Hall–Kier alpha value is -3.12. The zero-order chi connectivity index (χ0) is 21.7. The fraction of sp³-hybridized carbons (Fsp3) is 0.333. The van der Waals surface area contributed by atoms with Gasteiger partial charge in [-0.1, -0.05) is 30.3 Å². The van der Waals surface area contributed by atoms with E-state index in [0.29, 0.717) is 18.7 Å². The Labute approximate surface area is 177 Å². The summed E-state index contributed by atoms with van der Waals surface area (Å²) in [5.41, 5.74) is 10.4. The molecule has 3 rings (SSSR count). The quantitative estimate of drug-likeness (QED) is 0.590. The van der Waals surface area contributed by atoms with E-state index in [2.05, 4.69) is 18.4 Å². The first-order valence-electron chi connectivity index (χ1n) is 10.1. The molecule has 0 aliphatic heterocycles. The molecular weight excluding hydrogens is 378 g/mol. The van der Waals surface area contributed by atoms with Crippen LogP contribution >= 0.6 is 0 Å². The van der Waals surface area contributed by atoms with Crippen LogP contribution in [0.4, 0.5) is 0 Å². The van der Waals surface area contributed by atoms with Crippen molar-refractivity contribution in [2.24, 2.45) is 5.73 Å². The summed E-state index contributed by atoms with van der Waals surface area (Å²) in [6, 6.07) is 15.5. The van der Waals surface area contributed by atoms with Crippen molar-refractivity contribution >= 4 is 22.7 Å². The second-order valence-corrected chi connectivity index (χ2v) is 7.52. The number of hydrogen-bond donors (Lipinski definition) is 1. The highest BCUT2D eigenvalue weighted by atomic mass is 16.5. The Balaban J connectivity index is 1.93. The summed E-state index contributed by atoms with van der Waals surface area (Å²) in [6.07, 6.45) is 0.131. The zero-order valence-corrected chi connectivity index (χ0v) is 17.9. The minimum atomic E-state index is -0.419. The van der Waals surface area contributed by atoms with Crippen LogP contribution in [0.3, 0.4) is 0 Å².